The van der Waals surface area contributed by atoms with Gasteiger partial charge < -0.3 is 14.4 Å². The lowest BCUT2D eigenvalue weighted by molar-refractivity contribution is 0.477. The van der Waals surface area contributed by atoms with Crippen molar-refractivity contribution in [3.05, 3.63) is 152 Å². The summed E-state index contributed by atoms with van der Waals surface area (Å²) in [5.74, 6) is 3.92. The maximum absolute atomic E-state index is 6.45. The quantitative estimate of drug-likeness (QED) is 0.202. The van der Waals surface area contributed by atoms with Gasteiger partial charge in [0.2, 0.25) is 0 Å². The summed E-state index contributed by atoms with van der Waals surface area (Å²) in [6, 6.07) is 44.6. The molecule has 5 aromatic carbocycles. The van der Waals surface area contributed by atoms with Gasteiger partial charge >= 0.3 is 0 Å². The molecule has 0 amide bonds. The fourth-order valence-electron chi connectivity index (χ4n) is 6.13. The lowest BCUT2D eigenvalue weighted by atomic mass is 10.1. The molecule has 4 heterocycles. The number of fused-ring (bicyclic) bond motifs is 5. The van der Waals surface area contributed by atoms with Crippen LogP contribution in [-0.4, -0.2) is 19.3 Å². The molecule has 214 valence electrons. The Labute approximate surface area is 258 Å². The normalized spacial score (nSPS) is 12.1. The van der Waals surface area contributed by atoms with Crippen LogP contribution >= 0.6 is 0 Å². The van der Waals surface area contributed by atoms with E-state index in [1.54, 1.807) is 0 Å². The van der Waals surface area contributed by atoms with Gasteiger partial charge in [-0.1, -0.05) is 54.6 Å². The Balaban J connectivity index is 1.07. The molecule has 7 nitrogen and oxygen atoms in total. The molecule has 0 aliphatic carbocycles. The smallest absolute Gasteiger partial charge is 0.151 e. The fraction of sp³-hybridized carbons (Fsp3) is 0. The van der Waals surface area contributed by atoms with Gasteiger partial charge in [-0.2, -0.15) is 5.10 Å². The second kappa shape index (κ2) is 10.1. The highest BCUT2D eigenvalue weighted by Gasteiger charge is 2.26. The third-order valence-electron chi connectivity index (χ3n) is 8.10. The highest BCUT2D eigenvalue weighted by molar-refractivity contribution is 6.09. The zero-order chi connectivity index (χ0) is 29.7. The summed E-state index contributed by atoms with van der Waals surface area (Å²) in [5, 5.41) is 7.05. The Morgan fingerprint density at radius 2 is 1.31 bits per heavy atom. The number of rotatable bonds is 5. The molecule has 45 heavy (non-hydrogen) atoms. The number of ether oxygens (including phenoxy) is 2. The van der Waals surface area contributed by atoms with Crippen LogP contribution in [0.2, 0.25) is 0 Å². The number of aromatic nitrogens is 4. The summed E-state index contributed by atoms with van der Waals surface area (Å²) < 4.78 is 16.7. The van der Waals surface area contributed by atoms with Crippen molar-refractivity contribution in [2.75, 3.05) is 4.90 Å². The summed E-state index contributed by atoms with van der Waals surface area (Å²) in [4.78, 5) is 6.82. The van der Waals surface area contributed by atoms with Crippen molar-refractivity contribution in [1.29, 1.82) is 0 Å². The maximum Gasteiger partial charge on any atom is 0.151 e. The summed E-state index contributed by atoms with van der Waals surface area (Å²) in [6.45, 7) is 0. The van der Waals surface area contributed by atoms with Crippen LogP contribution in [0.15, 0.2) is 152 Å². The molecular formula is C38H25N5O2. The van der Waals surface area contributed by atoms with Crippen molar-refractivity contribution in [3.8, 4) is 34.5 Å². The average molecular weight is 584 g/mol. The molecule has 0 spiro atoms. The van der Waals surface area contributed by atoms with Crippen LogP contribution in [-0.2, 0) is 0 Å². The number of pyridine rings is 1. The van der Waals surface area contributed by atoms with E-state index >= 15 is 0 Å². The molecule has 0 saturated carbocycles. The highest BCUT2D eigenvalue weighted by Crippen LogP contribution is 2.50. The molecule has 7 heteroatoms. The van der Waals surface area contributed by atoms with Crippen LogP contribution in [0.4, 0.5) is 17.1 Å². The third-order valence-corrected chi connectivity index (χ3v) is 8.10. The monoisotopic (exact) mass is 583 g/mol. The third kappa shape index (κ3) is 4.21. The first-order valence-electron chi connectivity index (χ1n) is 14.7. The summed E-state index contributed by atoms with van der Waals surface area (Å²) in [6.07, 6.45) is 5.71. The molecule has 8 aromatic rings. The Morgan fingerprint density at radius 3 is 2.13 bits per heavy atom. The van der Waals surface area contributed by atoms with Gasteiger partial charge in [-0.25, -0.2) is 9.67 Å². The lowest BCUT2D eigenvalue weighted by Gasteiger charge is -2.31. The number of hydrogen-bond acceptors (Lipinski definition) is 5. The Hall–Kier alpha value is -6.34. The zero-order valence-corrected chi connectivity index (χ0v) is 24.0. The zero-order valence-electron chi connectivity index (χ0n) is 24.0. The van der Waals surface area contributed by atoms with Crippen molar-refractivity contribution >= 4 is 38.9 Å². The Bertz CT molecular complexity index is 2310. The number of anilines is 3. The molecule has 0 atom stereocenters. The van der Waals surface area contributed by atoms with E-state index in [1.807, 2.05) is 108 Å². The number of benzene rings is 5. The number of hydrogen-bond donors (Lipinski definition) is 0. The topological polar surface area (TPSA) is 57.3 Å². The van der Waals surface area contributed by atoms with Gasteiger partial charge in [-0.15, -0.1) is 0 Å². The van der Waals surface area contributed by atoms with Crippen molar-refractivity contribution in [2.45, 2.75) is 0 Å². The van der Waals surface area contributed by atoms with Gasteiger partial charge in [0, 0.05) is 29.1 Å². The maximum atomic E-state index is 6.45. The molecule has 1 aliphatic rings. The average Bonchev–Trinajstić information content (AvgIpc) is 3.71. The molecule has 0 fully saturated rings. The Morgan fingerprint density at radius 1 is 0.578 bits per heavy atom. The van der Waals surface area contributed by atoms with E-state index in [-0.39, 0.29) is 0 Å². The van der Waals surface area contributed by atoms with E-state index in [9.17, 15) is 0 Å². The predicted molar refractivity (Wildman–Crippen MR) is 177 cm³/mol. The molecule has 0 N–H and O–H groups in total. The van der Waals surface area contributed by atoms with E-state index < -0.39 is 0 Å². The molecule has 0 saturated heterocycles. The fourth-order valence-corrected chi connectivity index (χ4v) is 6.13. The summed E-state index contributed by atoms with van der Waals surface area (Å²) in [7, 11) is 0. The van der Waals surface area contributed by atoms with E-state index in [0.29, 0.717) is 5.75 Å². The highest BCUT2D eigenvalue weighted by atomic mass is 16.5. The van der Waals surface area contributed by atoms with Crippen LogP contribution in [0.3, 0.4) is 0 Å². The largest absolute Gasteiger partial charge is 0.457 e. The summed E-state index contributed by atoms with van der Waals surface area (Å²) in [5.41, 5.74) is 5.88. The van der Waals surface area contributed by atoms with Crippen LogP contribution < -0.4 is 14.4 Å². The molecule has 0 bridgehead atoms. The second-order valence-corrected chi connectivity index (χ2v) is 10.8. The first-order chi connectivity index (χ1) is 22.3. The van der Waals surface area contributed by atoms with Crippen LogP contribution in [0.25, 0.3) is 33.3 Å². The van der Waals surface area contributed by atoms with Crippen molar-refractivity contribution in [3.63, 3.8) is 0 Å². The van der Waals surface area contributed by atoms with Crippen molar-refractivity contribution in [1.82, 2.24) is 19.3 Å². The lowest BCUT2D eigenvalue weighted by Crippen LogP contribution is -2.15. The Kier molecular flexibility index (Phi) is 5.67. The van der Waals surface area contributed by atoms with Gasteiger partial charge in [0.25, 0.3) is 0 Å². The standard InChI is InChI=1S/C38H25N5O2/c1-2-13-32-30(12-1)31-20-19-29(23-35(31)43(32)38-18-7-8-21-39-38)44-28-11-9-10-26(22-28)41-25-27(24-40-41)42-33-14-3-5-16-36(33)45-37-17-6-4-15-34(37)42/h1-25H. The van der Waals surface area contributed by atoms with Crippen molar-refractivity contribution < 1.29 is 9.47 Å². The molecular weight excluding hydrogens is 558 g/mol. The first-order valence-corrected chi connectivity index (χ1v) is 14.7. The van der Waals surface area contributed by atoms with Crippen LogP contribution in [0.5, 0.6) is 23.0 Å². The second-order valence-electron chi connectivity index (χ2n) is 10.8. The van der Waals surface area contributed by atoms with E-state index in [2.05, 4.69) is 63.0 Å². The van der Waals surface area contributed by atoms with Gasteiger partial charge in [0.1, 0.15) is 17.3 Å². The van der Waals surface area contributed by atoms with Crippen LogP contribution in [0.1, 0.15) is 0 Å². The van der Waals surface area contributed by atoms with E-state index in [1.165, 1.54) is 5.39 Å². The van der Waals surface area contributed by atoms with Gasteiger partial charge in [0.05, 0.1) is 46.2 Å². The summed E-state index contributed by atoms with van der Waals surface area (Å²) >= 11 is 0. The van der Waals surface area contributed by atoms with Gasteiger partial charge in [-0.05, 0) is 66.7 Å². The molecule has 0 radical (unpaired) electrons. The van der Waals surface area contributed by atoms with Crippen molar-refractivity contribution in [2.24, 2.45) is 0 Å². The SMILES string of the molecule is c1ccc(-n2c3ccccc3c3ccc(Oc4cccc(-n5cc(N6c7ccccc7Oc7ccccc76)cn5)c4)cc32)nc1. The molecule has 1 aliphatic heterocycles. The number of nitrogens with zero attached hydrogens (tertiary/aromatic N) is 5. The van der Waals surface area contributed by atoms with Gasteiger partial charge in [-0.3, -0.25) is 4.57 Å². The minimum absolute atomic E-state index is 0.714. The van der Waals surface area contributed by atoms with E-state index in [0.717, 1.165) is 62.2 Å². The minimum Gasteiger partial charge on any atom is -0.457 e. The minimum atomic E-state index is 0.714. The first kappa shape index (κ1) is 25.2. The van der Waals surface area contributed by atoms with Crippen LogP contribution in [0, 0.1) is 0 Å². The molecule has 3 aromatic heterocycles. The molecule has 9 rings (SSSR count). The van der Waals surface area contributed by atoms with Gasteiger partial charge in [0.15, 0.2) is 11.5 Å². The number of para-hydroxylation sites is 5. The molecule has 0 unspecified atom stereocenters. The van der Waals surface area contributed by atoms with E-state index in [4.69, 9.17) is 14.6 Å². The predicted octanol–water partition coefficient (Wildman–Crippen LogP) is 9.73.